The van der Waals surface area contributed by atoms with Gasteiger partial charge in [-0.15, -0.1) is 0 Å². The van der Waals surface area contributed by atoms with Crippen LogP contribution >= 0.6 is 0 Å². The molecule has 1 atom stereocenters. The van der Waals surface area contributed by atoms with Crippen molar-refractivity contribution in [2.45, 2.75) is 11.3 Å². The minimum absolute atomic E-state index is 0.0156. The zero-order chi connectivity index (χ0) is 14.6. The summed E-state index contributed by atoms with van der Waals surface area (Å²) in [6, 6.07) is 6.27. The number of aliphatic hydroxyl groups is 2. The van der Waals surface area contributed by atoms with E-state index in [0.29, 0.717) is 25.1 Å². The molecule has 1 aromatic carbocycles. The topological polar surface area (TPSA) is 77.8 Å². The molecule has 0 bridgehead atoms. The van der Waals surface area contributed by atoms with E-state index in [-0.39, 0.29) is 24.0 Å². The van der Waals surface area contributed by atoms with E-state index in [2.05, 4.69) is 11.8 Å². The summed E-state index contributed by atoms with van der Waals surface area (Å²) in [4.78, 5) is 0.227. The van der Waals surface area contributed by atoms with Gasteiger partial charge in [-0.25, -0.2) is 8.42 Å². The normalized spacial score (nSPS) is 19.6. The number of nitrogens with zero attached hydrogens (tertiary/aromatic N) is 1. The predicted octanol–water partition coefficient (Wildman–Crippen LogP) is 0.0333. The van der Waals surface area contributed by atoms with Gasteiger partial charge in [-0.3, -0.25) is 0 Å². The molecule has 1 saturated heterocycles. The van der Waals surface area contributed by atoms with Crippen molar-refractivity contribution in [3.63, 3.8) is 0 Å². The predicted molar refractivity (Wildman–Crippen MR) is 74.4 cm³/mol. The summed E-state index contributed by atoms with van der Waals surface area (Å²) in [7, 11) is -3.49. The lowest BCUT2D eigenvalue weighted by atomic mass is 10.1. The highest BCUT2D eigenvalue weighted by Crippen LogP contribution is 2.24. The molecule has 2 N–H and O–H groups in total. The highest BCUT2D eigenvalue weighted by atomic mass is 32.2. The molecule has 1 fully saturated rings. The van der Waals surface area contributed by atoms with Crippen molar-refractivity contribution >= 4 is 10.0 Å². The Morgan fingerprint density at radius 2 is 1.95 bits per heavy atom. The van der Waals surface area contributed by atoms with E-state index in [0.717, 1.165) is 0 Å². The van der Waals surface area contributed by atoms with Gasteiger partial charge in [-0.1, -0.05) is 11.8 Å². The molecule has 1 aromatic rings. The van der Waals surface area contributed by atoms with Gasteiger partial charge in [0, 0.05) is 25.3 Å². The summed E-state index contributed by atoms with van der Waals surface area (Å²) in [6.07, 6.45) is 0.690. The lowest BCUT2D eigenvalue weighted by molar-refractivity contribution is 0.233. The second-order valence-electron chi connectivity index (χ2n) is 4.68. The zero-order valence-corrected chi connectivity index (χ0v) is 11.8. The van der Waals surface area contributed by atoms with Crippen LogP contribution in [0.1, 0.15) is 12.0 Å². The quantitative estimate of drug-likeness (QED) is 0.772. The average molecular weight is 295 g/mol. The van der Waals surface area contributed by atoms with Crippen LogP contribution in [-0.2, 0) is 10.0 Å². The van der Waals surface area contributed by atoms with Crippen molar-refractivity contribution in [1.29, 1.82) is 0 Å². The molecule has 0 spiro atoms. The van der Waals surface area contributed by atoms with Crippen LogP contribution in [0.4, 0.5) is 0 Å². The summed E-state index contributed by atoms with van der Waals surface area (Å²) in [5.41, 5.74) is 0.660. The molecule has 0 amide bonds. The van der Waals surface area contributed by atoms with Crippen LogP contribution in [0.5, 0.6) is 0 Å². The lowest BCUT2D eigenvalue weighted by Gasteiger charge is -2.16. The molecule has 6 heteroatoms. The smallest absolute Gasteiger partial charge is 0.243 e. The SMILES string of the molecule is O=S(=O)(c1ccc(C#CCO)cc1)N1CCC(CO)C1. The fourth-order valence-electron chi connectivity index (χ4n) is 2.17. The third kappa shape index (κ3) is 3.19. The van der Waals surface area contributed by atoms with Crippen molar-refractivity contribution in [3.8, 4) is 11.8 Å². The molecule has 1 aliphatic rings. The number of sulfonamides is 1. The molecule has 0 aliphatic carbocycles. The summed E-state index contributed by atoms with van der Waals surface area (Å²) < 4.78 is 26.2. The molecule has 108 valence electrons. The first-order chi connectivity index (χ1) is 9.57. The molecule has 0 saturated carbocycles. The van der Waals surface area contributed by atoms with Crippen LogP contribution < -0.4 is 0 Å². The average Bonchev–Trinajstić information content (AvgIpc) is 2.95. The highest BCUT2D eigenvalue weighted by molar-refractivity contribution is 7.89. The molecule has 1 aliphatic heterocycles. The van der Waals surface area contributed by atoms with Crippen LogP contribution in [0.2, 0.25) is 0 Å². The first-order valence-corrected chi connectivity index (χ1v) is 7.82. The fourth-order valence-corrected chi connectivity index (χ4v) is 3.70. The lowest BCUT2D eigenvalue weighted by Crippen LogP contribution is -2.29. The molecule has 5 nitrogen and oxygen atoms in total. The van der Waals surface area contributed by atoms with Crippen molar-refractivity contribution in [3.05, 3.63) is 29.8 Å². The highest BCUT2D eigenvalue weighted by Gasteiger charge is 2.31. The van der Waals surface area contributed by atoms with E-state index in [4.69, 9.17) is 10.2 Å². The molecule has 0 radical (unpaired) electrons. The molecular formula is C14H17NO4S. The Bertz CT molecular complexity index is 613. The maximum atomic E-state index is 12.4. The molecule has 1 heterocycles. The zero-order valence-electron chi connectivity index (χ0n) is 11.0. The Morgan fingerprint density at radius 3 is 2.50 bits per heavy atom. The first-order valence-electron chi connectivity index (χ1n) is 6.38. The van der Waals surface area contributed by atoms with Gasteiger partial charge in [-0.2, -0.15) is 4.31 Å². The van der Waals surface area contributed by atoms with Crippen LogP contribution in [0.15, 0.2) is 29.2 Å². The standard InChI is InChI=1S/C14H17NO4S/c16-9-1-2-12-3-5-14(6-4-12)20(18,19)15-8-7-13(10-15)11-17/h3-6,13,16-17H,7-11H2. The van der Waals surface area contributed by atoms with Crippen molar-refractivity contribution in [2.75, 3.05) is 26.3 Å². The molecule has 0 aromatic heterocycles. The Balaban J connectivity index is 2.18. The van der Waals surface area contributed by atoms with Crippen LogP contribution in [0, 0.1) is 17.8 Å². The number of benzene rings is 1. The van der Waals surface area contributed by atoms with Crippen LogP contribution in [-0.4, -0.2) is 49.2 Å². The van der Waals surface area contributed by atoms with Gasteiger partial charge in [-0.05, 0) is 36.6 Å². The third-order valence-electron chi connectivity index (χ3n) is 3.31. The maximum absolute atomic E-state index is 12.4. The summed E-state index contributed by atoms with van der Waals surface area (Å²) in [5, 5.41) is 17.7. The number of hydrogen-bond donors (Lipinski definition) is 2. The minimum Gasteiger partial charge on any atom is -0.396 e. The molecule has 20 heavy (non-hydrogen) atoms. The van der Waals surface area contributed by atoms with Gasteiger partial charge in [0.1, 0.15) is 6.61 Å². The van der Waals surface area contributed by atoms with E-state index in [1.807, 2.05) is 0 Å². The third-order valence-corrected chi connectivity index (χ3v) is 5.19. The minimum atomic E-state index is -3.49. The summed E-state index contributed by atoms with van der Waals surface area (Å²) in [6.45, 7) is 0.600. The van der Waals surface area contributed by atoms with E-state index in [9.17, 15) is 8.42 Å². The Labute approximate surface area is 118 Å². The fraction of sp³-hybridized carbons (Fsp3) is 0.429. The van der Waals surface area contributed by atoms with E-state index < -0.39 is 10.0 Å². The Hall–Kier alpha value is -1.39. The summed E-state index contributed by atoms with van der Waals surface area (Å²) >= 11 is 0. The Kier molecular flexibility index (Phi) is 4.78. The second-order valence-corrected chi connectivity index (χ2v) is 6.62. The van der Waals surface area contributed by atoms with Gasteiger partial charge >= 0.3 is 0 Å². The van der Waals surface area contributed by atoms with E-state index in [1.54, 1.807) is 12.1 Å². The van der Waals surface area contributed by atoms with Gasteiger partial charge in [0.05, 0.1) is 4.90 Å². The number of aliphatic hydroxyl groups excluding tert-OH is 2. The molecule has 1 unspecified atom stereocenters. The Morgan fingerprint density at radius 1 is 1.25 bits per heavy atom. The van der Waals surface area contributed by atoms with Gasteiger partial charge < -0.3 is 10.2 Å². The largest absolute Gasteiger partial charge is 0.396 e. The molecule has 2 rings (SSSR count). The van der Waals surface area contributed by atoms with E-state index in [1.165, 1.54) is 16.4 Å². The van der Waals surface area contributed by atoms with Gasteiger partial charge in [0.15, 0.2) is 0 Å². The maximum Gasteiger partial charge on any atom is 0.243 e. The van der Waals surface area contributed by atoms with Gasteiger partial charge in [0.25, 0.3) is 0 Å². The van der Waals surface area contributed by atoms with Crippen molar-refractivity contribution in [2.24, 2.45) is 5.92 Å². The summed E-state index contributed by atoms with van der Waals surface area (Å²) in [5.74, 6) is 5.25. The first kappa shape index (κ1) is 15.0. The van der Waals surface area contributed by atoms with Crippen molar-refractivity contribution < 1.29 is 18.6 Å². The van der Waals surface area contributed by atoms with Gasteiger partial charge in [0.2, 0.25) is 10.0 Å². The number of hydrogen-bond acceptors (Lipinski definition) is 4. The number of rotatable bonds is 3. The van der Waals surface area contributed by atoms with Crippen LogP contribution in [0.25, 0.3) is 0 Å². The van der Waals surface area contributed by atoms with Crippen LogP contribution in [0.3, 0.4) is 0 Å². The van der Waals surface area contributed by atoms with Crippen molar-refractivity contribution in [1.82, 2.24) is 4.31 Å². The van der Waals surface area contributed by atoms with E-state index >= 15 is 0 Å². The molecular weight excluding hydrogens is 278 g/mol. The monoisotopic (exact) mass is 295 g/mol. The second kappa shape index (κ2) is 6.37.